The van der Waals surface area contributed by atoms with Crippen molar-refractivity contribution in [2.75, 3.05) is 0 Å². The summed E-state index contributed by atoms with van der Waals surface area (Å²) in [4.78, 5) is 27.2. The van der Waals surface area contributed by atoms with Crippen LogP contribution in [0, 0.1) is 0 Å². The molecule has 2 aromatic heterocycles. The van der Waals surface area contributed by atoms with Gasteiger partial charge >= 0.3 is 5.69 Å². The number of nitrogens with zero attached hydrogens (tertiary/aromatic N) is 2. The first-order chi connectivity index (χ1) is 8.25. The minimum Gasteiger partial charge on any atom is -0.313 e. The van der Waals surface area contributed by atoms with Gasteiger partial charge in [0, 0.05) is 11.8 Å². The standard InChI is InChI=1S/C10H7N5O2/c16-9-6(4-11-10(17)12-9)5-2-1-3-7-8(5)14-15-13-7/h1-4H,(H,13,14,15)(H2,11,12,16,17). The lowest BCUT2D eigenvalue weighted by atomic mass is 10.1. The molecule has 0 bridgehead atoms. The monoisotopic (exact) mass is 229 g/mol. The van der Waals surface area contributed by atoms with Crippen LogP contribution in [0.2, 0.25) is 0 Å². The molecule has 0 aliphatic carbocycles. The molecular weight excluding hydrogens is 222 g/mol. The fraction of sp³-hybridized carbons (Fsp3) is 0. The van der Waals surface area contributed by atoms with Gasteiger partial charge in [0.05, 0.1) is 5.56 Å². The first-order valence-corrected chi connectivity index (χ1v) is 4.87. The quantitative estimate of drug-likeness (QED) is 0.545. The van der Waals surface area contributed by atoms with Crippen LogP contribution in [0.25, 0.3) is 22.2 Å². The third-order valence-corrected chi connectivity index (χ3v) is 2.46. The highest BCUT2D eigenvalue weighted by Crippen LogP contribution is 2.21. The van der Waals surface area contributed by atoms with Gasteiger partial charge in [-0.15, -0.1) is 0 Å². The summed E-state index contributed by atoms with van der Waals surface area (Å²) in [5.74, 6) is 0. The van der Waals surface area contributed by atoms with Crippen molar-refractivity contribution < 1.29 is 0 Å². The number of nitrogens with one attached hydrogen (secondary N) is 3. The van der Waals surface area contributed by atoms with Crippen LogP contribution in [0.1, 0.15) is 0 Å². The van der Waals surface area contributed by atoms with Crippen molar-refractivity contribution in [3.63, 3.8) is 0 Å². The van der Waals surface area contributed by atoms with Gasteiger partial charge in [0.2, 0.25) is 0 Å². The molecule has 0 aliphatic rings. The number of rotatable bonds is 1. The molecule has 0 radical (unpaired) electrons. The van der Waals surface area contributed by atoms with Gasteiger partial charge in [0.25, 0.3) is 5.56 Å². The van der Waals surface area contributed by atoms with Gasteiger partial charge in [0.15, 0.2) is 0 Å². The number of benzene rings is 1. The molecule has 0 aliphatic heterocycles. The van der Waals surface area contributed by atoms with E-state index in [4.69, 9.17) is 0 Å². The average Bonchev–Trinajstić information content (AvgIpc) is 2.77. The zero-order valence-electron chi connectivity index (χ0n) is 8.52. The van der Waals surface area contributed by atoms with Gasteiger partial charge in [-0.2, -0.15) is 15.4 Å². The van der Waals surface area contributed by atoms with Gasteiger partial charge in [-0.25, -0.2) is 4.79 Å². The molecule has 84 valence electrons. The second kappa shape index (κ2) is 3.41. The number of aromatic amines is 3. The number of fused-ring (bicyclic) bond motifs is 1. The molecule has 0 saturated heterocycles. The predicted octanol–water partition coefficient (Wildman–Crippen LogP) is 0.00150. The Balaban J connectivity index is 2.38. The van der Waals surface area contributed by atoms with Crippen molar-refractivity contribution in [1.29, 1.82) is 0 Å². The first kappa shape index (κ1) is 9.52. The molecular formula is C10H7N5O2. The van der Waals surface area contributed by atoms with Gasteiger partial charge in [0.1, 0.15) is 11.0 Å². The number of aromatic nitrogens is 5. The molecule has 0 spiro atoms. The summed E-state index contributed by atoms with van der Waals surface area (Å²) < 4.78 is 0. The summed E-state index contributed by atoms with van der Waals surface area (Å²) in [6.07, 6.45) is 1.37. The summed E-state index contributed by atoms with van der Waals surface area (Å²) in [5, 5.41) is 10.4. The molecule has 17 heavy (non-hydrogen) atoms. The third kappa shape index (κ3) is 1.44. The van der Waals surface area contributed by atoms with Gasteiger partial charge < -0.3 is 4.98 Å². The van der Waals surface area contributed by atoms with Crippen LogP contribution in [0.3, 0.4) is 0 Å². The SMILES string of the molecule is O=c1[nH]cc(-c2cccc3n[nH]nc23)c(=O)[nH]1. The van der Waals surface area contributed by atoms with E-state index in [9.17, 15) is 9.59 Å². The van der Waals surface area contributed by atoms with Crippen LogP contribution < -0.4 is 11.2 Å². The van der Waals surface area contributed by atoms with E-state index in [-0.39, 0.29) is 0 Å². The maximum absolute atomic E-state index is 11.7. The van der Waals surface area contributed by atoms with E-state index in [0.717, 1.165) is 0 Å². The topological polar surface area (TPSA) is 107 Å². The van der Waals surface area contributed by atoms with Crippen molar-refractivity contribution in [3.05, 3.63) is 45.2 Å². The molecule has 3 aromatic rings. The minimum absolute atomic E-state index is 0.351. The smallest absolute Gasteiger partial charge is 0.313 e. The molecule has 7 heteroatoms. The molecule has 0 saturated carbocycles. The second-order valence-electron chi connectivity index (χ2n) is 3.48. The van der Waals surface area contributed by atoms with Crippen LogP contribution in [0.5, 0.6) is 0 Å². The second-order valence-corrected chi connectivity index (χ2v) is 3.48. The Morgan fingerprint density at radius 1 is 1.06 bits per heavy atom. The summed E-state index contributed by atoms with van der Waals surface area (Å²) in [5.41, 5.74) is 1.23. The van der Waals surface area contributed by atoms with Crippen LogP contribution in [-0.2, 0) is 0 Å². The Labute approximate surface area is 93.5 Å². The fourth-order valence-electron chi connectivity index (χ4n) is 1.70. The molecule has 0 atom stereocenters. The lowest BCUT2D eigenvalue weighted by Crippen LogP contribution is -2.22. The lowest BCUT2D eigenvalue weighted by Gasteiger charge is -1.99. The van der Waals surface area contributed by atoms with E-state index in [1.165, 1.54) is 6.20 Å². The van der Waals surface area contributed by atoms with E-state index >= 15 is 0 Å². The Morgan fingerprint density at radius 3 is 2.76 bits per heavy atom. The molecule has 3 rings (SSSR count). The molecule has 0 fully saturated rings. The molecule has 0 amide bonds. The van der Waals surface area contributed by atoms with E-state index < -0.39 is 11.2 Å². The zero-order valence-corrected chi connectivity index (χ0v) is 8.52. The van der Waals surface area contributed by atoms with E-state index in [2.05, 4.69) is 25.4 Å². The maximum Gasteiger partial charge on any atom is 0.325 e. The van der Waals surface area contributed by atoms with Crippen molar-refractivity contribution >= 4 is 11.0 Å². The average molecular weight is 229 g/mol. The number of hydrogen-bond donors (Lipinski definition) is 3. The van der Waals surface area contributed by atoms with Gasteiger partial charge in [-0.3, -0.25) is 9.78 Å². The van der Waals surface area contributed by atoms with E-state index in [0.29, 0.717) is 22.2 Å². The van der Waals surface area contributed by atoms with E-state index in [1.54, 1.807) is 18.2 Å². The first-order valence-electron chi connectivity index (χ1n) is 4.87. The Hall–Kier alpha value is -2.70. The summed E-state index contributed by atoms with van der Waals surface area (Å²) in [6.45, 7) is 0. The van der Waals surface area contributed by atoms with E-state index in [1.807, 2.05) is 0 Å². The number of hydrogen-bond acceptors (Lipinski definition) is 4. The van der Waals surface area contributed by atoms with Crippen molar-refractivity contribution in [2.24, 2.45) is 0 Å². The van der Waals surface area contributed by atoms with Crippen molar-refractivity contribution in [1.82, 2.24) is 25.4 Å². The normalized spacial score (nSPS) is 10.8. The van der Waals surface area contributed by atoms with Gasteiger partial charge in [-0.1, -0.05) is 12.1 Å². The highest BCUT2D eigenvalue weighted by atomic mass is 16.2. The summed E-state index contributed by atoms with van der Waals surface area (Å²) >= 11 is 0. The summed E-state index contributed by atoms with van der Waals surface area (Å²) in [7, 11) is 0. The third-order valence-electron chi connectivity index (χ3n) is 2.46. The molecule has 1 aromatic carbocycles. The van der Waals surface area contributed by atoms with Crippen LogP contribution in [-0.4, -0.2) is 25.4 Å². The maximum atomic E-state index is 11.7. The Kier molecular flexibility index (Phi) is 1.91. The van der Waals surface area contributed by atoms with Crippen LogP contribution >= 0.6 is 0 Å². The summed E-state index contributed by atoms with van der Waals surface area (Å²) in [6, 6.07) is 5.29. The molecule has 3 N–H and O–H groups in total. The largest absolute Gasteiger partial charge is 0.325 e. The zero-order chi connectivity index (χ0) is 11.8. The minimum atomic E-state index is -0.536. The molecule has 0 unspecified atom stereocenters. The molecule has 2 heterocycles. The molecule has 7 nitrogen and oxygen atoms in total. The Bertz CT molecular complexity index is 798. The van der Waals surface area contributed by atoms with Crippen molar-refractivity contribution in [3.8, 4) is 11.1 Å². The number of H-pyrrole nitrogens is 3. The highest BCUT2D eigenvalue weighted by Gasteiger charge is 2.10. The predicted molar refractivity (Wildman–Crippen MR) is 60.6 cm³/mol. The Morgan fingerprint density at radius 2 is 1.94 bits per heavy atom. The highest BCUT2D eigenvalue weighted by molar-refractivity contribution is 5.90. The van der Waals surface area contributed by atoms with Gasteiger partial charge in [-0.05, 0) is 6.07 Å². The fourth-order valence-corrected chi connectivity index (χ4v) is 1.70. The van der Waals surface area contributed by atoms with Crippen LogP contribution in [0.4, 0.5) is 0 Å². The number of para-hydroxylation sites is 1. The van der Waals surface area contributed by atoms with Crippen LogP contribution in [0.15, 0.2) is 34.0 Å². The van der Waals surface area contributed by atoms with Crippen molar-refractivity contribution in [2.45, 2.75) is 0 Å². The lowest BCUT2D eigenvalue weighted by molar-refractivity contribution is 0.959.